The van der Waals surface area contributed by atoms with E-state index in [4.69, 9.17) is 16.7 Å². The van der Waals surface area contributed by atoms with E-state index in [0.717, 1.165) is 0 Å². The van der Waals surface area contributed by atoms with Crippen molar-refractivity contribution >= 4 is 17.5 Å². The van der Waals surface area contributed by atoms with Crippen LogP contribution in [-0.4, -0.2) is 11.0 Å². The molecule has 0 aliphatic heterocycles. The molecule has 0 bridgehead atoms. The fourth-order valence-electron chi connectivity index (χ4n) is 0.693. The van der Waals surface area contributed by atoms with Gasteiger partial charge in [-0.3, -0.25) is 4.79 Å². The fraction of sp³-hybridized carbons (Fsp3) is 0. The lowest BCUT2D eigenvalue weighted by Crippen LogP contribution is -1.92. The average molecular weight is 186 g/mol. The van der Waals surface area contributed by atoms with Crippen molar-refractivity contribution in [3.8, 4) is 5.75 Å². The molecule has 12 heavy (non-hydrogen) atoms. The highest BCUT2D eigenvalue weighted by Gasteiger charge is 2.07. The van der Waals surface area contributed by atoms with E-state index in [-0.39, 0.29) is 16.3 Å². The van der Waals surface area contributed by atoms with Crippen LogP contribution in [0.25, 0.3) is 0 Å². The second kappa shape index (κ2) is 3.32. The Labute approximate surface area is 72.8 Å². The first-order valence-electron chi connectivity index (χ1n) is 3.01. The van der Waals surface area contributed by atoms with Crippen molar-refractivity contribution in [2.75, 3.05) is 0 Å². The van der Waals surface area contributed by atoms with Gasteiger partial charge in [-0.25, -0.2) is 0 Å². The smallest absolute Gasteiger partial charge is 0.316 e. The molecular formula is C7H4ClNO3. The van der Waals surface area contributed by atoms with E-state index in [1.165, 1.54) is 18.2 Å². The number of carbonyl (C=O) groups is 1. The Morgan fingerprint density at radius 2 is 2.17 bits per heavy atom. The average Bonchev–Trinajstić information content (AvgIpc) is 2.08. The molecule has 0 fully saturated rings. The van der Waals surface area contributed by atoms with Gasteiger partial charge in [-0.2, -0.15) is 0 Å². The maximum Gasteiger partial charge on any atom is 0.316 e. The molecule has 0 aliphatic rings. The molecule has 1 N–H and O–H groups in total. The van der Waals surface area contributed by atoms with Gasteiger partial charge in [0.1, 0.15) is 5.75 Å². The van der Waals surface area contributed by atoms with E-state index in [1.54, 1.807) is 0 Å². The Bertz CT molecular complexity index is 337. The van der Waals surface area contributed by atoms with Crippen LogP contribution in [0.15, 0.2) is 23.4 Å². The Morgan fingerprint density at radius 1 is 1.50 bits per heavy atom. The largest absolute Gasteiger partial charge is 0.506 e. The van der Waals surface area contributed by atoms with Gasteiger partial charge >= 0.3 is 5.91 Å². The highest BCUT2D eigenvalue weighted by molar-refractivity contribution is 6.32. The first-order chi connectivity index (χ1) is 5.65. The summed E-state index contributed by atoms with van der Waals surface area (Å²) in [6.07, 6.45) is 0. The zero-order valence-electron chi connectivity index (χ0n) is 5.82. The molecule has 0 spiro atoms. The Kier molecular flexibility index (Phi) is 2.40. The second-order valence-electron chi connectivity index (χ2n) is 2.06. The molecule has 1 aromatic rings. The molecular weight excluding hydrogens is 182 g/mol. The highest BCUT2D eigenvalue weighted by Crippen LogP contribution is 2.23. The highest BCUT2D eigenvalue weighted by atomic mass is 35.5. The van der Waals surface area contributed by atoms with Crippen LogP contribution in [0.3, 0.4) is 0 Å². The van der Waals surface area contributed by atoms with Gasteiger partial charge in [0.15, 0.2) is 0 Å². The number of nitrogens with zero attached hydrogens (tertiary/aromatic N) is 1. The van der Waals surface area contributed by atoms with E-state index in [2.05, 4.69) is 5.18 Å². The molecule has 0 unspecified atom stereocenters. The van der Waals surface area contributed by atoms with Gasteiger partial charge in [0.2, 0.25) is 0 Å². The number of hydrogen-bond donors (Lipinski definition) is 1. The van der Waals surface area contributed by atoms with Gasteiger partial charge in [-0.15, -0.1) is 4.91 Å². The van der Waals surface area contributed by atoms with E-state index < -0.39 is 5.91 Å². The number of aromatic hydroxyl groups is 1. The topological polar surface area (TPSA) is 66.7 Å². The van der Waals surface area contributed by atoms with E-state index in [9.17, 15) is 9.70 Å². The van der Waals surface area contributed by atoms with Gasteiger partial charge in [0.25, 0.3) is 0 Å². The summed E-state index contributed by atoms with van der Waals surface area (Å²) in [5, 5.41) is 11.2. The summed E-state index contributed by atoms with van der Waals surface area (Å²) >= 11 is 5.47. The summed E-state index contributed by atoms with van der Waals surface area (Å²) in [5.74, 6) is -1.05. The lowest BCUT2D eigenvalue weighted by atomic mass is 10.2. The third-order valence-corrected chi connectivity index (χ3v) is 1.58. The van der Waals surface area contributed by atoms with Crippen molar-refractivity contribution in [3.05, 3.63) is 33.7 Å². The van der Waals surface area contributed by atoms with E-state index in [0.29, 0.717) is 0 Å². The van der Waals surface area contributed by atoms with Crippen LogP contribution in [0.4, 0.5) is 0 Å². The minimum atomic E-state index is -0.906. The normalized spacial score (nSPS) is 9.42. The molecule has 62 valence electrons. The molecule has 4 nitrogen and oxygen atoms in total. The van der Waals surface area contributed by atoms with Crippen molar-refractivity contribution in [3.63, 3.8) is 0 Å². The zero-order chi connectivity index (χ0) is 9.14. The molecule has 0 saturated heterocycles. The first-order valence-corrected chi connectivity index (χ1v) is 3.39. The minimum absolute atomic E-state index is 0.0181. The molecule has 0 aliphatic carbocycles. The summed E-state index contributed by atoms with van der Waals surface area (Å²) in [7, 11) is 0. The lowest BCUT2D eigenvalue weighted by Gasteiger charge is -1.96. The third kappa shape index (κ3) is 1.60. The maximum atomic E-state index is 10.7. The molecule has 0 aromatic heterocycles. The third-order valence-electron chi connectivity index (χ3n) is 1.28. The van der Waals surface area contributed by atoms with Crippen LogP contribution >= 0.6 is 11.6 Å². The van der Waals surface area contributed by atoms with Crippen LogP contribution in [0.5, 0.6) is 5.75 Å². The SMILES string of the molecule is O=NC(=O)c1ccc(O)c(Cl)c1. The van der Waals surface area contributed by atoms with Crippen molar-refractivity contribution in [1.29, 1.82) is 0 Å². The molecule has 1 amide bonds. The van der Waals surface area contributed by atoms with E-state index >= 15 is 0 Å². The Morgan fingerprint density at radius 3 is 2.67 bits per heavy atom. The minimum Gasteiger partial charge on any atom is -0.506 e. The van der Waals surface area contributed by atoms with Crippen LogP contribution in [0.2, 0.25) is 5.02 Å². The monoisotopic (exact) mass is 185 g/mol. The summed E-state index contributed by atoms with van der Waals surface area (Å²) in [5.41, 5.74) is 0.0628. The van der Waals surface area contributed by atoms with Crippen molar-refractivity contribution < 1.29 is 9.90 Å². The number of phenols is 1. The molecule has 1 rings (SSSR count). The first kappa shape index (κ1) is 8.67. The standard InChI is InChI=1S/C7H4ClNO3/c8-5-3-4(7(11)9-12)1-2-6(5)10/h1-3,10H. The van der Waals surface area contributed by atoms with Crippen LogP contribution in [0, 0.1) is 4.91 Å². The number of amides is 1. The summed E-state index contributed by atoms with van der Waals surface area (Å²) < 4.78 is 0. The molecule has 0 heterocycles. The molecule has 0 radical (unpaired) electrons. The maximum absolute atomic E-state index is 10.7. The lowest BCUT2D eigenvalue weighted by molar-refractivity contribution is 0.100. The number of halogens is 1. The molecule has 0 saturated carbocycles. The van der Waals surface area contributed by atoms with Crippen molar-refractivity contribution in [2.24, 2.45) is 5.18 Å². The van der Waals surface area contributed by atoms with Gasteiger partial charge < -0.3 is 5.11 Å². The van der Waals surface area contributed by atoms with Crippen LogP contribution in [0.1, 0.15) is 10.4 Å². The fourth-order valence-corrected chi connectivity index (χ4v) is 0.873. The van der Waals surface area contributed by atoms with Gasteiger partial charge in [-0.05, 0) is 18.2 Å². The summed E-state index contributed by atoms with van der Waals surface area (Å²) in [4.78, 5) is 20.5. The number of hydrogen-bond acceptors (Lipinski definition) is 3. The Balaban J connectivity index is 3.13. The van der Waals surface area contributed by atoms with Crippen molar-refractivity contribution in [2.45, 2.75) is 0 Å². The van der Waals surface area contributed by atoms with Gasteiger partial charge in [0, 0.05) is 10.7 Å². The zero-order valence-corrected chi connectivity index (χ0v) is 6.58. The number of phenolic OH excluding ortho intramolecular Hbond substituents is 1. The van der Waals surface area contributed by atoms with Crippen molar-refractivity contribution in [1.82, 2.24) is 0 Å². The predicted octanol–water partition coefficient (Wildman–Crippen LogP) is 1.95. The number of benzene rings is 1. The predicted molar refractivity (Wildman–Crippen MR) is 43.2 cm³/mol. The number of nitroso groups, excluding NO2 is 1. The van der Waals surface area contributed by atoms with E-state index in [1.807, 2.05) is 0 Å². The molecule has 0 atom stereocenters. The van der Waals surface area contributed by atoms with Crippen LogP contribution in [-0.2, 0) is 0 Å². The quantitative estimate of drug-likeness (QED) is 0.680. The number of rotatable bonds is 1. The molecule has 5 heteroatoms. The Hall–Kier alpha value is -1.42. The second-order valence-corrected chi connectivity index (χ2v) is 2.47. The number of carbonyl (C=O) groups excluding carboxylic acids is 1. The van der Waals surface area contributed by atoms with Crippen LogP contribution < -0.4 is 0 Å². The van der Waals surface area contributed by atoms with Gasteiger partial charge in [-0.1, -0.05) is 11.6 Å². The summed E-state index contributed by atoms with van der Waals surface area (Å²) in [6.45, 7) is 0. The molecule has 1 aromatic carbocycles. The summed E-state index contributed by atoms with van der Waals surface area (Å²) in [6, 6.07) is 3.67. The van der Waals surface area contributed by atoms with Gasteiger partial charge in [0.05, 0.1) is 5.02 Å².